The van der Waals surface area contributed by atoms with Crippen molar-refractivity contribution in [1.82, 2.24) is 0 Å². The molecule has 12 heteroatoms. The Morgan fingerprint density at radius 3 is 1.91 bits per heavy atom. The van der Waals surface area contributed by atoms with Crippen LogP contribution in [0.3, 0.4) is 0 Å². The lowest BCUT2D eigenvalue weighted by atomic mass is 10.0. The molecule has 0 amide bonds. The summed E-state index contributed by atoms with van der Waals surface area (Å²) in [6.45, 7) is 1.34. The molecule has 0 bridgehead atoms. The van der Waals surface area contributed by atoms with Gasteiger partial charge in [0.25, 0.3) is 0 Å². The average molecular weight is 470 g/mol. The molecule has 0 aliphatic carbocycles. The van der Waals surface area contributed by atoms with Gasteiger partial charge in [-0.1, -0.05) is 6.58 Å². The molecule has 0 radical (unpaired) electrons. The fraction of sp³-hybridized carbons (Fsp3) is 0.727. The third-order valence-corrected chi connectivity index (χ3v) is 3.23. The highest BCUT2D eigenvalue weighted by Crippen LogP contribution is 2.55. The summed E-state index contributed by atoms with van der Waals surface area (Å²) in [5.41, 5.74) is -0.446. The van der Waals surface area contributed by atoms with Crippen LogP contribution in [-0.2, 0) is 9.53 Å². The molecule has 0 atom stereocenters. The van der Waals surface area contributed by atoms with E-state index in [9.17, 15) is 39.9 Å². The van der Waals surface area contributed by atoms with Gasteiger partial charge in [0.15, 0.2) is 0 Å². The zero-order valence-electron chi connectivity index (χ0n) is 11.2. The minimum absolute atomic E-state index is 0.350. The van der Waals surface area contributed by atoms with E-state index in [1.165, 1.54) is 0 Å². The van der Waals surface area contributed by atoms with Crippen molar-refractivity contribution in [3.63, 3.8) is 0 Å². The SMILES string of the molecule is C=C(CO)C(=O)OCCCC(F)(F)C(F)(F)C(F)(F)C(F)(F)I. The molecule has 3 nitrogen and oxygen atoms in total. The molecule has 0 aliphatic heterocycles. The number of aliphatic hydroxyl groups is 1. The van der Waals surface area contributed by atoms with E-state index in [4.69, 9.17) is 5.11 Å². The van der Waals surface area contributed by atoms with Gasteiger partial charge in [-0.15, -0.1) is 0 Å². The Balaban J connectivity index is 4.81. The minimum Gasteiger partial charge on any atom is -0.462 e. The fourth-order valence-corrected chi connectivity index (χ4v) is 1.53. The third kappa shape index (κ3) is 4.90. The lowest BCUT2D eigenvalue weighted by molar-refractivity contribution is -0.343. The van der Waals surface area contributed by atoms with Crippen LogP contribution in [-0.4, -0.2) is 46.0 Å². The van der Waals surface area contributed by atoms with Crippen molar-refractivity contribution >= 4 is 28.6 Å². The molecule has 0 aliphatic rings. The lowest BCUT2D eigenvalue weighted by Gasteiger charge is -2.34. The number of alkyl halides is 9. The molecule has 23 heavy (non-hydrogen) atoms. The second-order valence-electron chi connectivity index (χ2n) is 4.35. The van der Waals surface area contributed by atoms with E-state index >= 15 is 0 Å². The Hall–Kier alpha value is -0.660. The van der Waals surface area contributed by atoms with Crippen molar-refractivity contribution in [2.24, 2.45) is 0 Å². The Bertz CT molecular complexity index is 447. The number of rotatable bonds is 9. The minimum atomic E-state index is -6.32. The molecule has 0 aromatic carbocycles. The van der Waals surface area contributed by atoms with Crippen molar-refractivity contribution in [2.45, 2.75) is 34.5 Å². The largest absolute Gasteiger partial charge is 0.462 e. The molecule has 1 N–H and O–H groups in total. The standard InChI is InChI=1S/C11H11F8IO3/c1-6(5-21)7(22)23-4-2-3-8(12,13)9(14,15)10(16,17)11(18,19)20/h21H,1-5H2. The maximum atomic E-state index is 13.2. The quantitative estimate of drug-likeness (QED) is 0.139. The summed E-state index contributed by atoms with van der Waals surface area (Å²) < 4.78 is 102. The third-order valence-electron chi connectivity index (χ3n) is 2.56. The van der Waals surface area contributed by atoms with Crippen LogP contribution in [0.25, 0.3) is 0 Å². The van der Waals surface area contributed by atoms with Crippen molar-refractivity contribution < 1.29 is 49.8 Å². The predicted molar refractivity (Wildman–Crippen MR) is 70.2 cm³/mol. The van der Waals surface area contributed by atoms with E-state index in [1.807, 2.05) is 0 Å². The van der Waals surface area contributed by atoms with Gasteiger partial charge >= 0.3 is 27.7 Å². The molecule has 0 unspecified atom stereocenters. The summed E-state index contributed by atoms with van der Waals surface area (Å²) in [6.07, 6.45) is -2.93. The van der Waals surface area contributed by atoms with Crippen LogP contribution < -0.4 is 0 Å². The Morgan fingerprint density at radius 1 is 1.04 bits per heavy atom. The topological polar surface area (TPSA) is 46.5 Å². The number of aliphatic hydroxyl groups excluding tert-OH is 1. The molecular weight excluding hydrogens is 459 g/mol. The monoisotopic (exact) mass is 470 g/mol. The van der Waals surface area contributed by atoms with Gasteiger partial charge in [0.2, 0.25) is 0 Å². The van der Waals surface area contributed by atoms with Crippen molar-refractivity contribution in [3.8, 4) is 0 Å². The molecule has 0 spiro atoms. The zero-order chi connectivity index (χ0) is 18.7. The second-order valence-corrected chi connectivity index (χ2v) is 5.71. The van der Waals surface area contributed by atoms with Crippen LogP contribution in [0.1, 0.15) is 12.8 Å². The summed E-state index contributed by atoms with van der Waals surface area (Å²) in [4.78, 5) is 10.9. The normalized spacial score (nSPS) is 13.8. The van der Waals surface area contributed by atoms with Gasteiger partial charge in [0, 0.05) is 29.0 Å². The van der Waals surface area contributed by atoms with Crippen molar-refractivity contribution in [2.75, 3.05) is 13.2 Å². The first-order valence-electron chi connectivity index (χ1n) is 5.77. The van der Waals surface area contributed by atoms with E-state index in [-0.39, 0.29) is 22.6 Å². The summed E-state index contributed by atoms with van der Waals surface area (Å²) in [5.74, 6) is -19.3. The molecule has 0 fully saturated rings. The molecule has 0 heterocycles. The van der Waals surface area contributed by atoms with E-state index in [2.05, 4.69) is 11.3 Å². The highest BCUT2D eigenvalue weighted by Gasteiger charge is 2.79. The lowest BCUT2D eigenvalue weighted by Crippen LogP contribution is -2.60. The van der Waals surface area contributed by atoms with Crippen molar-refractivity contribution in [3.05, 3.63) is 12.2 Å². The van der Waals surface area contributed by atoms with Gasteiger partial charge in [-0.25, -0.2) is 4.79 Å². The number of halogens is 9. The number of ether oxygens (including phenoxy) is 1. The van der Waals surface area contributed by atoms with Gasteiger partial charge in [-0.3, -0.25) is 0 Å². The number of carbonyl (C=O) groups excluding carboxylic acids is 1. The molecular formula is C11H11F8IO3. The van der Waals surface area contributed by atoms with Gasteiger partial charge < -0.3 is 9.84 Å². The summed E-state index contributed by atoms with van der Waals surface area (Å²) >= 11 is -0.350. The smallest absolute Gasteiger partial charge is 0.387 e. The fourth-order valence-electron chi connectivity index (χ4n) is 1.19. The predicted octanol–water partition coefficient (Wildman–Crippen LogP) is 3.79. The van der Waals surface area contributed by atoms with Gasteiger partial charge in [0.05, 0.1) is 18.8 Å². The highest BCUT2D eigenvalue weighted by atomic mass is 127. The van der Waals surface area contributed by atoms with E-state index in [0.717, 1.165) is 0 Å². The molecule has 0 aromatic heterocycles. The van der Waals surface area contributed by atoms with Crippen LogP contribution >= 0.6 is 22.6 Å². The first kappa shape index (κ1) is 22.3. The van der Waals surface area contributed by atoms with E-state index < -0.39 is 59.3 Å². The first-order chi connectivity index (χ1) is 10.1. The van der Waals surface area contributed by atoms with Gasteiger partial charge in [-0.05, 0) is 6.42 Å². The van der Waals surface area contributed by atoms with Crippen LogP contribution in [0.15, 0.2) is 12.2 Å². The maximum absolute atomic E-state index is 13.2. The molecule has 0 saturated carbocycles. The zero-order valence-corrected chi connectivity index (χ0v) is 13.4. The summed E-state index contributed by atoms with van der Waals surface area (Å²) in [5, 5.41) is 8.49. The van der Waals surface area contributed by atoms with Crippen molar-refractivity contribution in [1.29, 1.82) is 0 Å². The van der Waals surface area contributed by atoms with Crippen LogP contribution in [0, 0.1) is 0 Å². The number of hydrogen-bond acceptors (Lipinski definition) is 3. The van der Waals surface area contributed by atoms with Crippen LogP contribution in [0.5, 0.6) is 0 Å². The average Bonchev–Trinajstić information content (AvgIpc) is 2.40. The van der Waals surface area contributed by atoms with Crippen LogP contribution in [0.4, 0.5) is 35.1 Å². The Morgan fingerprint density at radius 2 is 1.52 bits per heavy atom. The second kappa shape index (κ2) is 7.49. The molecule has 0 rings (SSSR count). The molecule has 0 aromatic rings. The number of esters is 1. The Kier molecular flexibility index (Phi) is 7.27. The summed E-state index contributed by atoms with van der Waals surface area (Å²) in [6, 6.07) is 0. The van der Waals surface area contributed by atoms with E-state index in [0.29, 0.717) is 0 Å². The number of hydrogen-bond donors (Lipinski definition) is 1. The number of carbonyl (C=O) groups is 1. The summed E-state index contributed by atoms with van der Waals surface area (Å²) in [7, 11) is 0. The molecule has 0 saturated heterocycles. The highest BCUT2D eigenvalue weighted by molar-refractivity contribution is 14.1. The van der Waals surface area contributed by atoms with Gasteiger partial charge in [-0.2, -0.15) is 35.1 Å². The molecule has 136 valence electrons. The maximum Gasteiger partial charge on any atom is 0.387 e. The van der Waals surface area contributed by atoms with Crippen LogP contribution in [0.2, 0.25) is 0 Å². The van der Waals surface area contributed by atoms with Gasteiger partial charge in [0.1, 0.15) is 0 Å². The van der Waals surface area contributed by atoms with E-state index in [1.54, 1.807) is 0 Å². The first-order valence-corrected chi connectivity index (χ1v) is 6.85. The Labute approximate surface area is 138 Å².